The van der Waals surface area contributed by atoms with Crippen LogP contribution in [0.1, 0.15) is 0 Å². The summed E-state index contributed by atoms with van der Waals surface area (Å²) >= 11 is 3.68. The topological polar surface area (TPSA) is 32.8 Å². The van der Waals surface area contributed by atoms with Crippen LogP contribution in [0.3, 0.4) is 0 Å². The van der Waals surface area contributed by atoms with E-state index in [1.807, 2.05) is 28.7 Å². The zero-order chi connectivity index (χ0) is 63.2. The van der Waals surface area contributed by atoms with Gasteiger partial charge < -0.3 is 18.6 Å². The molecule has 0 N–H and O–H groups in total. The van der Waals surface area contributed by atoms with Crippen LogP contribution in [0, 0.1) is 0 Å². The molecule has 6 heteroatoms. The van der Waals surface area contributed by atoms with Gasteiger partial charge in [-0.2, -0.15) is 0 Å². The Balaban J connectivity index is 0.714. The van der Waals surface area contributed by atoms with Gasteiger partial charge in [0.15, 0.2) is 0 Å². The van der Waals surface area contributed by atoms with Crippen LogP contribution in [0.4, 0.5) is 34.1 Å². The van der Waals surface area contributed by atoms with Gasteiger partial charge in [0, 0.05) is 102 Å². The molecule has 19 rings (SSSR count). The molecule has 4 heterocycles. The Morgan fingerprint density at radius 2 is 0.573 bits per heavy atom. The van der Waals surface area contributed by atoms with Crippen LogP contribution >= 0.6 is 22.7 Å². The second-order valence-corrected chi connectivity index (χ2v) is 26.9. The predicted octanol–water partition coefficient (Wildman–Crippen LogP) is 27.2. The Labute approximate surface area is 562 Å². The van der Waals surface area contributed by atoms with Crippen molar-refractivity contribution in [2.24, 2.45) is 0 Å². The van der Waals surface area contributed by atoms with Gasteiger partial charge in [-0.1, -0.05) is 212 Å². The summed E-state index contributed by atoms with van der Waals surface area (Å²) in [6.07, 6.45) is 0. The summed E-state index contributed by atoms with van der Waals surface area (Å²) in [7, 11) is 0. The van der Waals surface area contributed by atoms with Gasteiger partial charge >= 0.3 is 0 Å². The molecular weight excluding hydrogens is 1210 g/mol. The second kappa shape index (κ2) is 22.9. The van der Waals surface area contributed by atoms with E-state index in [4.69, 9.17) is 8.83 Å². The van der Waals surface area contributed by atoms with E-state index in [0.29, 0.717) is 0 Å². The first-order valence-corrected chi connectivity index (χ1v) is 34.1. The van der Waals surface area contributed by atoms with E-state index in [1.165, 1.54) is 62.6 Å². The van der Waals surface area contributed by atoms with Gasteiger partial charge in [0.2, 0.25) is 0 Å². The van der Waals surface area contributed by atoms with E-state index < -0.39 is 0 Å². The Morgan fingerprint density at radius 3 is 1.25 bits per heavy atom. The normalized spacial score (nSPS) is 11.8. The van der Waals surface area contributed by atoms with E-state index in [0.717, 1.165) is 123 Å². The molecule has 0 saturated heterocycles. The van der Waals surface area contributed by atoms with Crippen LogP contribution in [0.15, 0.2) is 349 Å². The van der Waals surface area contributed by atoms with Crippen LogP contribution in [-0.2, 0) is 0 Å². The number of thiophene rings is 2. The Hall–Kier alpha value is -12.1. The highest BCUT2D eigenvalue weighted by Gasteiger charge is 2.24. The van der Waals surface area contributed by atoms with Crippen molar-refractivity contribution in [2.45, 2.75) is 0 Å². The maximum atomic E-state index is 7.11. The highest BCUT2D eigenvalue weighted by molar-refractivity contribution is 7.26. The number of fused-ring (bicyclic) bond motifs is 12. The highest BCUT2D eigenvalue weighted by Crippen LogP contribution is 2.49. The minimum atomic E-state index is 0.826. The van der Waals surface area contributed by atoms with Gasteiger partial charge in [0.25, 0.3) is 0 Å². The predicted molar refractivity (Wildman–Crippen MR) is 409 cm³/mol. The fraction of sp³-hybridized carbons (Fsp3) is 0. The summed E-state index contributed by atoms with van der Waals surface area (Å²) in [5.74, 6) is 0. The molecule has 4 aromatic heterocycles. The fourth-order valence-corrected chi connectivity index (χ4v) is 16.6. The SMILES string of the molecule is c1ccc(-c2ccc(N(c3ccc(-c4cc5oc6ccccc6c5cc4-c4ccccc4)cc3)c3ccc4sc5ccc(-c6ccc7c(c6)oc6cc(N(c8ccc(-c9ccccc9)cc8)c8ccc9c(c8)sc8ccccc89)c(-c8ccccc8)cc67)cc5c4c3)cc2)cc1. The minimum absolute atomic E-state index is 0.826. The Kier molecular flexibility index (Phi) is 13.3. The van der Waals surface area contributed by atoms with Crippen molar-refractivity contribution >= 4 is 141 Å². The number of nitrogens with zero attached hydrogens (tertiary/aromatic N) is 2. The number of furan rings is 2. The third-order valence-corrected chi connectivity index (χ3v) is 21.4. The average molecular weight is 1260 g/mol. The third-order valence-electron chi connectivity index (χ3n) is 19.1. The second-order valence-electron chi connectivity index (χ2n) is 24.7. The molecule has 96 heavy (non-hydrogen) atoms. The van der Waals surface area contributed by atoms with Crippen molar-refractivity contribution < 1.29 is 8.83 Å². The van der Waals surface area contributed by atoms with Crippen molar-refractivity contribution in [3.8, 4) is 66.8 Å². The van der Waals surface area contributed by atoms with Crippen LogP contribution in [0.2, 0.25) is 0 Å². The molecule has 0 amide bonds. The number of anilines is 6. The lowest BCUT2D eigenvalue weighted by Crippen LogP contribution is -2.11. The number of hydrogen-bond donors (Lipinski definition) is 0. The zero-order valence-corrected chi connectivity index (χ0v) is 53.5. The molecular formula is C90H56N2O2S2. The third kappa shape index (κ3) is 9.64. The standard InChI is InChI=1S/C90H56N2O2S2/c1-5-17-57(18-6-1)59-29-37-66(38-30-59)91(67-41-33-63(34-42-67)76-55-85-78(71-25-13-15-27-83(71)93-85)53-75(76)61-21-9-3-10-22-61)69-44-48-89-81(51-69)80-49-64(36-47-88(80)95-89)65-35-45-72-79-54-77(62-23-11-4-12-24-62)82(56-86(79)94-84(72)50-65)92(68-39-31-60(32-40-68)58-19-7-2-8-20-58)70-43-46-74-73-26-14-16-28-87(73)96-90(74)52-70/h1-56H. The van der Waals surface area contributed by atoms with E-state index in [1.54, 1.807) is 0 Å². The summed E-state index contributed by atoms with van der Waals surface area (Å²) in [6, 6.07) is 123. The van der Waals surface area contributed by atoms with Gasteiger partial charge in [-0.15, -0.1) is 22.7 Å². The maximum absolute atomic E-state index is 7.11. The van der Waals surface area contributed by atoms with Crippen molar-refractivity contribution in [1.82, 2.24) is 0 Å². The molecule has 0 spiro atoms. The van der Waals surface area contributed by atoms with Crippen LogP contribution in [0.25, 0.3) is 151 Å². The van der Waals surface area contributed by atoms with Gasteiger partial charge in [0.05, 0.1) is 5.69 Å². The van der Waals surface area contributed by atoms with Crippen molar-refractivity contribution in [2.75, 3.05) is 9.80 Å². The molecule has 4 nitrogen and oxygen atoms in total. The first kappa shape index (κ1) is 55.6. The fourth-order valence-electron chi connectivity index (χ4n) is 14.4. The molecule has 0 bridgehead atoms. The van der Waals surface area contributed by atoms with E-state index in [2.05, 4.69) is 343 Å². The number of hydrogen-bond acceptors (Lipinski definition) is 6. The lowest BCUT2D eigenvalue weighted by Gasteiger charge is -2.28. The van der Waals surface area contributed by atoms with Crippen molar-refractivity contribution in [3.05, 3.63) is 340 Å². The highest BCUT2D eigenvalue weighted by atomic mass is 32.1. The van der Waals surface area contributed by atoms with E-state index >= 15 is 0 Å². The molecule has 0 atom stereocenters. The monoisotopic (exact) mass is 1260 g/mol. The molecule has 0 unspecified atom stereocenters. The van der Waals surface area contributed by atoms with E-state index in [9.17, 15) is 0 Å². The van der Waals surface area contributed by atoms with E-state index in [-0.39, 0.29) is 0 Å². The largest absolute Gasteiger partial charge is 0.456 e. The first-order valence-electron chi connectivity index (χ1n) is 32.5. The lowest BCUT2D eigenvalue weighted by molar-refractivity contribution is 0.668. The van der Waals surface area contributed by atoms with Crippen molar-refractivity contribution in [1.29, 1.82) is 0 Å². The zero-order valence-electron chi connectivity index (χ0n) is 51.9. The molecule has 19 aromatic rings. The Bertz CT molecular complexity index is 6170. The maximum Gasteiger partial charge on any atom is 0.137 e. The van der Waals surface area contributed by atoms with Crippen LogP contribution < -0.4 is 9.80 Å². The summed E-state index contributed by atoms with van der Waals surface area (Å²) < 4.78 is 18.6. The summed E-state index contributed by atoms with van der Waals surface area (Å²) in [5.41, 5.74) is 23.5. The molecule has 0 radical (unpaired) electrons. The van der Waals surface area contributed by atoms with Gasteiger partial charge in [-0.3, -0.25) is 0 Å². The molecule has 0 aliphatic rings. The smallest absolute Gasteiger partial charge is 0.137 e. The van der Waals surface area contributed by atoms with Crippen LogP contribution in [-0.4, -0.2) is 0 Å². The molecule has 0 aliphatic carbocycles. The molecule has 0 aliphatic heterocycles. The van der Waals surface area contributed by atoms with Crippen molar-refractivity contribution in [3.63, 3.8) is 0 Å². The molecule has 15 aromatic carbocycles. The summed E-state index contributed by atoms with van der Waals surface area (Å²) in [6.45, 7) is 0. The van der Waals surface area contributed by atoms with Gasteiger partial charge in [-0.05, 0) is 183 Å². The molecule has 0 saturated carbocycles. The summed E-state index contributed by atoms with van der Waals surface area (Å²) in [4.78, 5) is 4.80. The average Bonchev–Trinajstić information content (AvgIpc) is 1.46. The first-order chi connectivity index (χ1) is 47.5. The van der Waals surface area contributed by atoms with Gasteiger partial charge in [0.1, 0.15) is 22.3 Å². The quantitative estimate of drug-likeness (QED) is 0.122. The minimum Gasteiger partial charge on any atom is -0.456 e. The molecule has 450 valence electrons. The number of para-hydroxylation sites is 1. The van der Waals surface area contributed by atoms with Crippen LogP contribution in [0.5, 0.6) is 0 Å². The lowest BCUT2D eigenvalue weighted by atomic mass is 9.92. The van der Waals surface area contributed by atoms with Gasteiger partial charge in [-0.25, -0.2) is 0 Å². The molecule has 0 fully saturated rings. The number of rotatable bonds is 12. The number of benzene rings is 15. The Morgan fingerprint density at radius 1 is 0.188 bits per heavy atom. The summed E-state index contributed by atoms with van der Waals surface area (Å²) in [5, 5.41) is 9.34.